The van der Waals surface area contributed by atoms with Crippen molar-refractivity contribution in [2.45, 2.75) is 24.2 Å². The van der Waals surface area contributed by atoms with E-state index in [0.717, 1.165) is 6.54 Å². The summed E-state index contributed by atoms with van der Waals surface area (Å²) in [5.41, 5.74) is 1.43. The van der Waals surface area contributed by atoms with E-state index in [1.54, 1.807) is 0 Å². The quantitative estimate of drug-likeness (QED) is 0.733. The lowest BCUT2D eigenvalue weighted by Gasteiger charge is -2.29. The summed E-state index contributed by atoms with van der Waals surface area (Å²) < 4.78 is 0. The number of hydrogen-bond donors (Lipinski definition) is 0. The molecule has 0 spiro atoms. The van der Waals surface area contributed by atoms with Gasteiger partial charge in [0.2, 0.25) is 0 Å². The summed E-state index contributed by atoms with van der Waals surface area (Å²) in [5, 5.41) is 0. The molecule has 1 atom stereocenters. The molecular weight excluding hydrogens is 238 g/mol. The van der Waals surface area contributed by atoms with Crippen LogP contribution in [0.4, 0.5) is 0 Å². The van der Waals surface area contributed by atoms with E-state index in [1.807, 2.05) is 0 Å². The summed E-state index contributed by atoms with van der Waals surface area (Å²) in [5.74, 6) is 0. The number of piperidine rings is 1. The monoisotopic (exact) mass is 253 g/mol. The van der Waals surface area contributed by atoms with Crippen LogP contribution >= 0.6 is 15.9 Å². The van der Waals surface area contributed by atoms with Crippen molar-refractivity contribution < 1.29 is 0 Å². The zero-order valence-corrected chi connectivity index (χ0v) is 9.91. The molecular formula is C12H16BrN. The molecule has 2 heteroatoms. The molecule has 0 amide bonds. The summed E-state index contributed by atoms with van der Waals surface area (Å²) in [6.07, 6.45) is 2.65. The Labute approximate surface area is 94.2 Å². The van der Waals surface area contributed by atoms with Gasteiger partial charge in [0.05, 0.1) is 0 Å². The predicted molar refractivity (Wildman–Crippen MR) is 63.7 cm³/mol. The molecule has 1 saturated heterocycles. The first kappa shape index (κ1) is 10.2. The standard InChI is InChI=1S/C12H16BrN/c13-12-7-4-8-14(10-12)9-11-5-2-1-3-6-11/h1-3,5-6,12H,4,7-10H2/t12-/m1/s1. The van der Waals surface area contributed by atoms with Crippen molar-refractivity contribution in [3.63, 3.8) is 0 Å². The molecule has 1 aromatic carbocycles. The summed E-state index contributed by atoms with van der Waals surface area (Å²) >= 11 is 3.70. The summed E-state index contributed by atoms with van der Waals surface area (Å²) in [4.78, 5) is 3.22. The minimum absolute atomic E-state index is 0.694. The van der Waals surface area contributed by atoms with E-state index in [9.17, 15) is 0 Å². The van der Waals surface area contributed by atoms with Gasteiger partial charge in [0.25, 0.3) is 0 Å². The second kappa shape index (κ2) is 4.94. The van der Waals surface area contributed by atoms with E-state index in [4.69, 9.17) is 0 Å². The minimum atomic E-state index is 0.694. The molecule has 76 valence electrons. The number of halogens is 1. The van der Waals surface area contributed by atoms with E-state index in [0.29, 0.717) is 4.83 Å². The van der Waals surface area contributed by atoms with Crippen molar-refractivity contribution in [2.24, 2.45) is 0 Å². The van der Waals surface area contributed by atoms with Crippen LogP contribution < -0.4 is 0 Å². The lowest BCUT2D eigenvalue weighted by atomic mass is 10.1. The number of likely N-dealkylation sites (tertiary alicyclic amines) is 1. The topological polar surface area (TPSA) is 3.24 Å². The van der Waals surface area contributed by atoms with Crippen LogP contribution in [-0.2, 0) is 6.54 Å². The van der Waals surface area contributed by atoms with Crippen LogP contribution in [-0.4, -0.2) is 22.8 Å². The second-order valence-corrected chi connectivity index (χ2v) is 5.26. The van der Waals surface area contributed by atoms with Crippen LogP contribution in [0, 0.1) is 0 Å². The highest BCUT2D eigenvalue weighted by Gasteiger charge is 2.16. The van der Waals surface area contributed by atoms with Gasteiger partial charge in [-0.2, -0.15) is 0 Å². The van der Waals surface area contributed by atoms with E-state index >= 15 is 0 Å². The van der Waals surface area contributed by atoms with Gasteiger partial charge in [-0.25, -0.2) is 0 Å². The molecule has 0 bridgehead atoms. The van der Waals surface area contributed by atoms with Crippen molar-refractivity contribution in [1.82, 2.24) is 4.90 Å². The Hall–Kier alpha value is -0.340. The molecule has 1 aromatic rings. The largest absolute Gasteiger partial charge is 0.298 e. The van der Waals surface area contributed by atoms with E-state index in [-0.39, 0.29) is 0 Å². The van der Waals surface area contributed by atoms with Crippen molar-refractivity contribution >= 4 is 15.9 Å². The third-order valence-corrected chi connectivity index (χ3v) is 3.44. The van der Waals surface area contributed by atoms with Crippen LogP contribution in [0.2, 0.25) is 0 Å². The molecule has 1 nitrogen and oxygen atoms in total. The molecule has 0 aliphatic carbocycles. The summed E-state index contributed by atoms with van der Waals surface area (Å²) in [7, 11) is 0. The zero-order valence-electron chi connectivity index (χ0n) is 8.32. The Bertz CT molecular complexity index is 273. The van der Waals surface area contributed by atoms with Crippen LogP contribution in [0.15, 0.2) is 30.3 Å². The molecule has 14 heavy (non-hydrogen) atoms. The van der Waals surface area contributed by atoms with E-state index < -0.39 is 0 Å². The van der Waals surface area contributed by atoms with Gasteiger partial charge >= 0.3 is 0 Å². The van der Waals surface area contributed by atoms with Gasteiger partial charge in [-0.1, -0.05) is 46.3 Å². The molecule has 1 aliphatic heterocycles. The van der Waals surface area contributed by atoms with Gasteiger partial charge in [-0.3, -0.25) is 4.90 Å². The van der Waals surface area contributed by atoms with Gasteiger partial charge in [-0.05, 0) is 24.9 Å². The SMILES string of the molecule is Br[C@@H]1CCCN(Cc2ccccc2)C1. The molecule has 0 aromatic heterocycles. The molecule has 0 unspecified atom stereocenters. The zero-order chi connectivity index (χ0) is 9.80. The highest BCUT2D eigenvalue weighted by atomic mass is 79.9. The Morgan fingerprint density at radius 2 is 2.07 bits per heavy atom. The van der Waals surface area contributed by atoms with Crippen LogP contribution in [0.5, 0.6) is 0 Å². The van der Waals surface area contributed by atoms with Crippen LogP contribution in [0.25, 0.3) is 0 Å². The Balaban J connectivity index is 1.91. The average molecular weight is 254 g/mol. The first-order valence-corrected chi connectivity index (χ1v) is 6.16. The van der Waals surface area contributed by atoms with Crippen molar-refractivity contribution in [1.29, 1.82) is 0 Å². The fraction of sp³-hybridized carbons (Fsp3) is 0.500. The average Bonchev–Trinajstić information content (AvgIpc) is 2.19. The van der Waals surface area contributed by atoms with Gasteiger partial charge in [0, 0.05) is 17.9 Å². The molecule has 0 radical (unpaired) electrons. The maximum absolute atomic E-state index is 3.70. The number of nitrogens with zero attached hydrogens (tertiary/aromatic N) is 1. The number of alkyl halides is 1. The molecule has 2 rings (SSSR count). The predicted octanol–water partition coefficient (Wildman–Crippen LogP) is 3.05. The maximum atomic E-state index is 3.70. The lowest BCUT2D eigenvalue weighted by Crippen LogP contribution is -2.35. The Morgan fingerprint density at radius 1 is 1.29 bits per heavy atom. The summed E-state index contributed by atoms with van der Waals surface area (Å²) in [6, 6.07) is 10.7. The third kappa shape index (κ3) is 2.82. The number of hydrogen-bond acceptors (Lipinski definition) is 1. The number of rotatable bonds is 2. The van der Waals surface area contributed by atoms with E-state index in [1.165, 1.54) is 31.5 Å². The molecule has 1 heterocycles. The van der Waals surface area contributed by atoms with Crippen molar-refractivity contribution in [3.05, 3.63) is 35.9 Å². The normalized spacial score (nSPS) is 23.6. The van der Waals surface area contributed by atoms with E-state index in [2.05, 4.69) is 51.2 Å². The minimum Gasteiger partial charge on any atom is -0.298 e. The lowest BCUT2D eigenvalue weighted by molar-refractivity contribution is 0.228. The third-order valence-electron chi connectivity index (χ3n) is 2.70. The number of benzene rings is 1. The summed E-state index contributed by atoms with van der Waals surface area (Å²) in [6.45, 7) is 3.54. The van der Waals surface area contributed by atoms with Crippen LogP contribution in [0.3, 0.4) is 0 Å². The van der Waals surface area contributed by atoms with Gasteiger partial charge in [0.15, 0.2) is 0 Å². The van der Waals surface area contributed by atoms with Crippen LogP contribution in [0.1, 0.15) is 18.4 Å². The molecule has 1 fully saturated rings. The first-order valence-electron chi connectivity index (χ1n) is 5.25. The Morgan fingerprint density at radius 3 is 2.79 bits per heavy atom. The highest BCUT2D eigenvalue weighted by molar-refractivity contribution is 9.09. The maximum Gasteiger partial charge on any atom is 0.0273 e. The first-order chi connectivity index (χ1) is 6.84. The smallest absolute Gasteiger partial charge is 0.0273 e. The van der Waals surface area contributed by atoms with Gasteiger partial charge < -0.3 is 0 Å². The van der Waals surface area contributed by atoms with Gasteiger partial charge in [-0.15, -0.1) is 0 Å². The second-order valence-electron chi connectivity index (χ2n) is 3.96. The Kier molecular flexibility index (Phi) is 3.60. The molecule has 0 N–H and O–H groups in total. The highest BCUT2D eigenvalue weighted by Crippen LogP contribution is 2.18. The van der Waals surface area contributed by atoms with Gasteiger partial charge in [0.1, 0.15) is 0 Å². The van der Waals surface area contributed by atoms with Crippen molar-refractivity contribution in [3.8, 4) is 0 Å². The fourth-order valence-corrected chi connectivity index (χ4v) is 2.72. The molecule has 0 saturated carbocycles. The fourth-order valence-electron chi connectivity index (χ4n) is 1.98. The van der Waals surface area contributed by atoms with Crippen molar-refractivity contribution in [2.75, 3.05) is 13.1 Å². The molecule has 1 aliphatic rings.